The molecule has 0 saturated carbocycles. The van der Waals surface area contributed by atoms with Crippen molar-refractivity contribution in [3.05, 3.63) is 83.2 Å². The molecular weight excluding hydrogens is 352 g/mol. The van der Waals surface area contributed by atoms with E-state index >= 15 is 0 Å². The van der Waals surface area contributed by atoms with Gasteiger partial charge in [-0.3, -0.25) is 14.3 Å². The number of aryl methyl sites for hydroxylation is 1. The van der Waals surface area contributed by atoms with Gasteiger partial charge in [-0.25, -0.2) is 0 Å². The lowest BCUT2D eigenvalue weighted by Crippen LogP contribution is -2.35. The van der Waals surface area contributed by atoms with Gasteiger partial charge >= 0.3 is 0 Å². The van der Waals surface area contributed by atoms with Crippen molar-refractivity contribution in [2.75, 3.05) is 18.9 Å². The molecule has 0 atom stereocenters. The Morgan fingerprint density at radius 1 is 1.00 bits per heavy atom. The number of hydrogen-bond acceptors (Lipinski definition) is 3. The number of nitrogens with zero attached hydrogens (tertiary/aromatic N) is 3. The normalized spacial score (nSPS) is 10.5. The van der Waals surface area contributed by atoms with Crippen molar-refractivity contribution in [1.82, 2.24) is 14.7 Å². The highest BCUT2D eigenvalue weighted by Gasteiger charge is 2.23. The molecule has 0 spiro atoms. The van der Waals surface area contributed by atoms with Crippen molar-refractivity contribution in [2.24, 2.45) is 0 Å². The fraction of sp³-hybridized carbons (Fsp3) is 0.227. The Morgan fingerprint density at radius 2 is 1.61 bits per heavy atom. The highest BCUT2D eigenvalue weighted by atomic mass is 16.2. The van der Waals surface area contributed by atoms with E-state index in [1.165, 1.54) is 4.90 Å². The third kappa shape index (κ3) is 4.46. The van der Waals surface area contributed by atoms with Crippen LogP contribution in [0, 0.1) is 13.8 Å². The lowest BCUT2D eigenvalue weighted by Gasteiger charge is -2.17. The van der Waals surface area contributed by atoms with Gasteiger partial charge in [-0.05, 0) is 31.5 Å². The predicted octanol–water partition coefficient (Wildman–Crippen LogP) is 3.26. The van der Waals surface area contributed by atoms with Crippen molar-refractivity contribution in [1.29, 1.82) is 0 Å². The van der Waals surface area contributed by atoms with E-state index in [-0.39, 0.29) is 18.4 Å². The minimum atomic E-state index is -0.242. The quantitative estimate of drug-likeness (QED) is 0.718. The van der Waals surface area contributed by atoms with E-state index < -0.39 is 0 Å². The molecule has 0 aliphatic heterocycles. The molecule has 3 rings (SSSR count). The van der Waals surface area contributed by atoms with E-state index in [1.54, 1.807) is 7.05 Å². The Balaban J connectivity index is 1.70. The molecule has 1 heterocycles. The number of carbonyl (C=O) groups excluding carboxylic acids is 2. The molecule has 0 radical (unpaired) electrons. The molecule has 0 bridgehead atoms. The molecule has 0 aliphatic carbocycles. The standard InChI is InChI=1S/C22H24N4O2/c1-16-21(17(2)26(24-16)14-18-10-6-4-7-11-18)22(28)25(3)15-20(27)23-19-12-8-5-9-13-19/h4-13H,14-15H2,1-3H3,(H,23,27). The third-order valence-electron chi connectivity index (χ3n) is 4.56. The minimum Gasteiger partial charge on any atom is -0.332 e. The Kier molecular flexibility index (Phi) is 5.89. The lowest BCUT2D eigenvalue weighted by atomic mass is 10.1. The van der Waals surface area contributed by atoms with Crippen LogP contribution in [0.5, 0.6) is 0 Å². The first-order valence-corrected chi connectivity index (χ1v) is 9.14. The molecule has 6 nitrogen and oxygen atoms in total. The number of para-hydroxylation sites is 1. The van der Waals surface area contributed by atoms with Crippen LogP contribution in [0.25, 0.3) is 0 Å². The average molecular weight is 376 g/mol. The predicted molar refractivity (Wildman–Crippen MR) is 109 cm³/mol. The van der Waals surface area contributed by atoms with E-state index in [2.05, 4.69) is 10.4 Å². The zero-order chi connectivity index (χ0) is 20.1. The summed E-state index contributed by atoms with van der Waals surface area (Å²) in [5.74, 6) is -0.452. The van der Waals surface area contributed by atoms with E-state index in [9.17, 15) is 9.59 Å². The van der Waals surface area contributed by atoms with E-state index in [1.807, 2.05) is 79.2 Å². The molecule has 0 saturated heterocycles. The highest BCUT2D eigenvalue weighted by molar-refractivity contribution is 6.00. The van der Waals surface area contributed by atoms with Crippen molar-refractivity contribution in [2.45, 2.75) is 20.4 Å². The van der Waals surface area contributed by atoms with Crippen molar-refractivity contribution in [3.8, 4) is 0 Å². The molecule has 6 heteroatoms. The molecule has 2 amide bonds. The number of likely N-dealkylation sites (N-methyl/N-ethyl adjacent to an activating group) is 1. The minimum absolute atomic E-state index is 0.0313. The Bertz CT molecular complexity index is 965. The third-order valence-corrected chi connectivity index (χ3v) is 4.56. The monoisotopic (exact) mass is 376 g/mol. The average Bonchev–Trinajstić information content (AvgIpc) is 2.96. The zero-order valence-electron chi connectivity index (χ0n) is 16.3. The Labute approximate surface area is 164 Å². The van der Waals surface area contributed by atoms with Crippen LogP contribution in [0.4, 0.5) is 5.69 Å². The fourth-order valence-corrected chi connectivity index (χ4v) is 3.12. The van der Waals surface area contributed by atoms with Gasteiger partial charge in [-0.15, -0.1) is 0 Å². The number of amides is 2. The maximum atomic E-state index is 12.9. The van der Waals surface area contributed by atoms with Gasteiger partial charge in [-0.1, -0.05) is 48.5 Å². The second-order valence-corrected chi connectivity index (χ2v) is 6.76. The van der Waals surface area contributed by atoms with E-state index in [0.717, 1.165) is 11.3 Å². The fourth-order valence-electron chi connectivity index (χ4n) is 3.12. The summed E-state index contributed by atoms with van der Waals surface area (Å²) in [7, 11) is 1.63. The summed E-state index contributed by atoms with van der Waals surface area (Å²) < 4.78 is 1.83. The van der Waals surface area contributed by atoms with Crippen LogP contribution in [0.15, 0.2) is 60.7 Å². The zero-order valence-corrected chi connectivity index (χ0v) is 16.3. The van der Waals surface area contributed by atoms with Crippen LogP contribution in [0.3, 0.4) is 0 Å². The summed E-state index contributed by atoms with van der Waals surface area (Å²) >= 11 is 0. The Hall–Kier alpha value is -3.41. The lowest BCUT2D eigenvalue weighted by molar-refractivity contribution is -0.116. The number of nitrogens with one attached hydrogen (secondary N) is 1. The van der Waals surface area contributed by atoms with Crippen LogP contribution in [-0.4, -0.2) is 40.1 Å². The molecule has 2 aromatic carbocycles. The molecule has 0 fully saturated rings. The van der Waals surface area contributed by atoms with Gasteiger partial charge in [0.25, 0.3) is 5.91 Å². The van der Waals surface area contributed by atoms with Crippen molar-refractivity contribution < 1.29 is 9.59 Å². The first-order chi connectivity index (χ1) is 13.5. The molecule has 3 aromatic rings. The second-order valence-electron chi connectivity index (χ2n) is 6.76. The first kappa shape index (κ1) is 19.4. The number of benzene rings is 2. The smallest absolute Gasteiger partial charge is 0.257 e. The molecule has 28 heavy (non-hydrogen) atoms. The maximum absolute atomic E-state index is 12.9. The van der Waals surface area contributed by atoms with Gasteiger partial charge in [0.05, 0.1) is 24.3 Å². The van der Waals surface area contributed by atoms with Crippen LogP contribution in [0.1, 0.15) is 27.3 Å². The molecule has 0 aliphatic rings. The summed E-state index contributed by atoms with van der Waals surface area (Å²) in [6, 6.07) is 19.2. The van der Waals surface area contributed by atoms with Gasteiger partial charge in [0.1, 0.15) is 0 Å². The summed E-state index contributed by atoms with van der Waals surface area (Å²) in [5.41, 5.74) is 3.82. The van der Waals surface area contributed by atoms with Crippen LogP contribution in [0.2, 0.25) is 0 Å². The van der Waals surface area contributed by atoms with Gasteiger partial charge in [0.15, 0.2) is 0 Å². The Morgan fingerprint density at radius 3 is 2.25 bits per heavy atom. The highest BCUT2D eigenvalue weighted by Crippen LogP contribution is 2.17. The number of hydrogen-bond donors (Lipinski definition) is 1. The van der Waals surface area contributed by atoms with Gasteiger partial charge in [0, 0.05) is 18.4 Å². The second kappa shape index (κ2) is 8.52. The topological polar surface area (TPSA) is 67.2 Å². The molecule has 1 aromatic heterocycles. The van der Waals surface area contributed by atoms with Gasteiger partial charge < -0.3 is 10.2 Å². The van der Waals surface area contributed by atoms with Gasteiger partial charge in [0.2, 0.25) is 5.91 Å². The van der Waals surface area contributed by atoms with Gasteiger partial charge in [-0.2, -0.15) is 5.10 Å². The first-order valence-electron chi connectivity index (χ1n) is 9.14. The SMILES string of the molecule is Cc1nn(Cc2ccccc2)c(C)c1C(=O)N(C)CC(=O)Nc1ccccc1. The summed E-state index contributed by atoms with van der Waals surface area (Å²) in [6.07, 6.45) is 0. The van der Waals surface area contributed by atoms with Crippen LogP contribution < -0.4 is 5.32 Å². The number of anilines is 1. The summed E-state index contributed by atoms with van der Waals surface area (Å²) in [5, 5.41) is 7.32. The maximum Gasteiger partial charge on any atom is 0.257 e. The number of aromatic nitrogens is 2. The molecule has 144 valence electrons. The van der Waals surface area contributed by atoms with Crippen LogP contribution in [-0.2, 0) is 11.3 Å². The van der Waals surface area contributed by atoms with E-state index in [4.69, 9.17) is 0 Å². The molecule has 1 N–H and O–H groups in total. The summed E-state index contributed by atoms with van der Waals surface area (Å²) in [6.45, 7) is 4.27. The molecular formula is C22H24N4O2. The largest absolute Gasteiger partial charge is 0.332 e. The van der Waals surface area contributed by atoms with E-state index in [0.29, 0.717) is 23.5 Å². The van der Waals surface area contributed by atoms with Crippen LogP contribution >= 0.6 is 0 Å². The number of rotatable bonds is 6. The van der Waals surface area contributed by atoms with Crippen molar-refractivity contribution >= 4 is 17.5 Å². The summed E-state index contributed by atoms with van der Waals surface area (Å²) in [4.78, 5) is 26.6. The number of carbonyl (C=O) groups is 2. The van der Waals surface area contributed by atoms with Crippen molar-refractivity contribution in [3.63, 3.8) is 0 Å². The molecule has 0 unspecified atom stereocenters.